The maximum absolute atomic E-state index is 8.39. The first-order chi connectivity index (χ1) is 2.00. The molecule has 0 radical (unpaired) electrons. The summed E-state index contributed by atoms with van der Waals surface area (Å²) < 4.78 is 16.7. The van der Waals surface area contributed by atoms with Crippen molar-refractivity contribution in [2.24, 2.45) is 0 Å². The van der Waals surface area contributed by atoms with E-state index >= 15 is 0 Å². The van der Waals surface area contributed by atoms with Crippen LogP contribution in [0, 0.1) is 0 Å². The van der Waals surface area contributed by atoms with Crippen molar-refractivity contribution in [3.8, 4) is 0 Å². The molecular formula is H2HfO2Si. The average molecular weight is 241 g/mol. The van der Waals surface area contributed by atoms with Gasteiger partial charge in [-0.05, 0) is 0 Å². The molecule has 0 aromatic rings. The van der Waals surface area contributed by atoms with Crippen LogP contribution >= 0.6 is 0 Å². The van der Waals surface area contributed by atoms with Crippen molar-refractivity contribution in [1.82, 2.24) is 0 Å². The first kappa shape index (κ1) is 8.82. The minimum absolute atomic E-state index is 0.0556. The van der Waals surface area contributed by atoms with Gasteiger partial charge in [0.05, 0.1) is 0 Å². The van der Waals surface area contributed by atoms with Gasteiger partial charge in [-0.15, -0.1) is 0 Å². The Hall–Kier alpha value is 0.687. The van der Waals surface area contributed by atoms with Crippen LogP contribution in [-0.4, -0.2) is 10.1 Å². The molecule has 0 aliphatic heterocycles. The van der Waals surface area contributed by atoms with E-state index in [1.165, 1.54) is 0 Å². The topological polar surface area (TPSA) is 34.1 Å². The predicted octanol–water partition coefficient (Wildman–Crippen LogP) is -1.16. The van der Waals surface area contributed by atoms with Crippen LogP contribution in [-0.2, 0) is 31.7 Å². The van der Waals surface area contributed by atoms with Gasteiger partial charge in [0, 0.05) is 0 Å². The molecule has 22 valence electrons. The molecule has 0 rings (SSSR count). The molecule has 0 aromatic carbocycles. The molecule has 0 aromatic heterocycles. The molecule has 0 bridgehead atoms. The summed E-state index contributed by atoms with van der Waals surface area (Å²) in [4.78, 5) is 0. The van der Waals surface area contributed by atoms with Crippen LogP contribution in [0.25, 0.3) is 0 Å². The molecule has 2 nitrogen and oxygen atoms in total. The Kier molecular flexibility index (Phi) is 124. The van der Waals surface area contributed by atoms with E-state index in [1.807, 2.05) is 0 Å². The molecule has 0 atom stereocenters. The van der Waals surface area contributed by atoms with Crippen LogP contribution in [0.4, 0.5) is 0 Å². The first-order valence-corrected chi connectivity index (χ1v) is 2.54. The van der Waals surface area contributed by atoms with Crippen LogP contribution in [0.1, 0.15) is 0 Å². The zero-order valence-electron chi connectivity index (χ0n) is 2.02. The van der Waals surface area contributed by atoms with Crippen molar-refractivity contribution in [2.45, 2.75) is 0 Å². The molecule has 0 heterocycles. The summed E-state index contributed by atoms with van der Waals surface area (Å²) in [5, 5.41) is 0. The quantitative estimate of drug-likeness (QED) is 0.501. The van der Waals surface area contributed by atoms with Crippen LogP contribution in [0.3, 0.4) is 0 Å². The van der Waals surface area contributed by atoms with Gasteiger partial charge in [-0.2, -0.15) is 0 Å². The first-order valence-electron chi connectivity index (χ1n) is 0.493. The fourth-order valence-electron chi connectivity index (χ4n) is 0. The third kappa shape index (κ3) is 16.2. The fourth-order valence-corrected chi connectivity index (χ4v) is 0. The van der Waals surface area contributed by atoms with E-state index in [1.54, 1.807) is 0 Å². The molecule has 0 unspecified atom stereocenters. The molecule has 0 N–H and O–H groups in total. The monoisotopic (exact) mass is 242 g/mol. The predicted molar refractivity (Wildman–Crippen MR) is 9.92 cm³/mol. The van der Waals surface area contributed by atoms with E-state index in [9.17, 15) is 0 Å². The van der Waals surface area contributed by atoms with Crippen LogP contribution in [0.15, 0.2) is 0 Å². The molecule has 0 aliphatic carbocycles. The Balaban J connectivity index is 0. The normalized spacial score (nSPS) is 1.75. The van der Waals surface area contributed by atoms with E-state index in [0.29, 0.717) is 10.1 Å². The van der Waals surface area contributed by atoms with Crippen LogP contribution in [0.2, 0.25) is 0 Å². The third-order valence-electron chi connectivity index (χ3n) is 0. The van der Waals surface area contributed by atoms with Crippen molar-refractivity contribution in [2.75, 3.05) is 0 Å². The molecule has 0 saturated heterocycles. The molecule has 4 heteroatoms. The Bertz CT molecular complexity index is 8.00. The zero-order chi connectivity index (χ0) is 4.00. The summed E-state index contributed by atoms with van der Waals surface area (Å²) >= 11 is 0.0556. The summed E-state index contributed by atoms with van der Waals surface area (Å²) in [6, 6.07) is 0. The second kappa shape index (κ2) is 56.4. The van der Waals surface area contributed by atoms with Crippen molar-refractivity contribution in [3.63, 3.8) is 0 Å². The summed E-state index contributed by atoms with van der Waals surface area (Å²) in [6.45, 7) is 0. The number of hydrogen-bond acceptors (Lipinski definition) is 2. The van der Waals surface area contributed by atoms with Gasteiger partial charge >= 0.3 is 27.2 Å². The Morgan fingerprint density at radius 2 is 1.25 bits per heavy atom. The van der Waals surface area contributed by atoms with E-state index in [0.717, 1.165) is 0 Å². The van der Waals surface area contributed by atoms with Crippen molar-refractivity contribution >= 4 is 10.1 Å². The van der Waals surface area contributed by atoms with Gasteiger partial charge in [-0.1, -0.05) is 0 Å². The molecule has 0 aliphatic rings. The molecule has 4 heavy (non-hydrogen) atoms. The van der Waals surface area contributed by atoms with Gasteiger partial charge in [0.25, 0.3) is 0 Å². The second-order valence-electron chi connectivity index (χ2n) is 0. The maximum atomic E-state index is 8.39. The SMILES string of the molecule is O=[SiH2].[O]=[Hf]. The van der Waals surface area contributed by atoms with Crippen LogP contribution < -0.4 is 0 Å². The summed E-state index contributed by atoms with van der Waals surface area (Å²) in [7, 11) is 0.611. The zero-order valence-corrected chi connectivity index (χ0v) is 7.03. The van der Waals surface area contributed by atoms with Crippen molar-refractivity contribution < 1.29 is 31.7 Å². The van der Waals surface area contributed by atoms with Gasteiger partial charge < -0.3 is 4.46 Å². The number of rotatable bonds is 0. The Morgan fingerprint density at radius 1 is 1.25 bits per heavy atom. The molecular weight excluding hydrogens is 239 g/mol. The van der Waals surface area contributed by atoms with Gasteiger partial charge in [0.15, 0.2) is 0 Å². The fraction of sp³-hybridized carbons (Fsp3) is 0. The molecule has 0 amide bonds. The number of hydrogen-bond donors (Lipinski definition) is 0. The molecule has 0 saturated carbocycles. The third-order valence-corrected chi connectivity index (χ3v) is 0. The van der Waals surface area contributed by atoms with Gasteiger partial charge in [0.2, 0.25) is 10.1 Å². The van der Waals surface area contributed by atoms with Crippen molar-refractivity contribution in [1.29, 1.82) is 0 Å². The molecule has 0 fully saturated rings. The van der Waals surface area contributed by atoms with E-state index in [2.05, 4.69) is 0 Å². The summed E-state index contributed by atoms with van der Waals surface area (Å²) in [6.07, 6.45) is 0. The van der Waals surface area contributed by atoms with Gasteiger partial charge in [-0.3, -0.25) is 0 Å². The van der Waals surface area contributed by atoms with Gasteiger partial charge in [0.1, 0.15) is 0 Å². The average Bonchev–Trinajstić information content (AvgIpc) is 1.50. The second-order valence-corrected chi connectivity index (χ2v) is 0. The molecule has 0 spiro atoms. The minimum atomic E-state index is 0.0556. The van der Waals surface area contributed by atoms with Crippen LogP contribution in [0.5, 0.6) is 0 Å². The van der Waals surface area contributed by atoms with E-state index < -0.39 is 0 Å². The Labute approximate surface area is 42.1 Å². The standard InChI is InChI=1S/Hf.H2OSi.O/c;1-2;/h;2H2;. The van der Waals surface area contributed by atoms with E-state index in [-0.39, 0.29) is 24.4 Å². The van der Waals surface area contributed by atoms with Crippen molar-refractivity contribution in [3.05, 3.63) is 0 Å². The summed E-state index contributed by atoms with van der Waals surface area (Å²) in [5.74, 6) is 0. The van der Waals surface area contributed by atoms with Gasteiger partial charge in [-0.25, -0.2) is 0 Å². The van der Waals surface area contributed by atoms with E-state index in [4.69, 9.17) is 7.32 Å². The summed E-state index contributed by atoms with van der Waals surface area (Å²) in [5.41, 5.74) is 0. The Morgan fingerprint density at radius 3 is 1.25 bits per heavy atom.